The first kappa shape index (κ1) is 21.7. The number of anilines is 1. The molecule has 33 heavy (non-hydrogen) atoms. The van der Waals surface area contributed by atoms with Crippen molar-refractivity contribution in [3.8, 4) is 0 Å². The molecule has 3 aromatic rings. The predicted molar refractivity (Wildman–Crippen MR) is 127 cm³/mol. The Labute approximate surface area is 193 Å². The molecule has 1 fully saturated rings. The number of hydrogen-bond acceptors (Lipinski definition) is 6. The van der Waals surface area contributed by atoms with E-state index in [1.807, 2.05) is 29.0 Å². The van der Waals surface area contributed by atoms with Crippen molar-refractivity contribution in [3.05, 3.63) is 57.6 Å². The van der Waals surface area contributed by atoms with Gasteiger partial charge < -0.3 is 14.2 Å². The molecule has 1 aromatic carbocycles. The van der Waals surface area contributed by atoms with Crippen LogP contribution in [0, 0.1) is 5.92 Å². The Morgan fingerprint density at radius 3 is 2.79 bits per heavy atom. The van der Waals surface area contributed by atoms with Gasteiger partial charge in [0, 0.05) is 56.2 Å². The molecule has 8 nitrogen and oxygen atoms in total. The number of fused-ring (bicyclic) bond motifs is 2. The van der Waals surface area contributed by atoms with E-state index >= 15 is 0 Å². The van der Waals surface area contributed by atoms with Crippen molar-refractivity contribution >= 4 is 22.8 Å². The zero-order chi connectivity index (χ0) is 22.9. The second-order valence-corrected chi connectivity index (χ2v) is 9.32. The highest BCUT2D eigenvalue weighted by Crippen LogP contribution is 2.26. The Kier molecular flexibility index (Phi) is 5.93. The maximum atomic E-state index is 13.0. The standard InChI is InChI=1S/C25H31N5O3/c1-17-7-11-29(12-8-17)25-26-21-9-10-28(15-20(21)24(32)27-25)13-18-14-30(16-23(31)33-2)22-6-4-3-5-19(18)22/h3-6,14,17H,7-13,15-16H2,1-2H3,(H,26,27,32). The average Bonchev–Trinajstić information content (AvgIpc) is 3.16. The Hall–Kier alpha value is -3.13. The van der Waals surface area contributed by atoms with Crippen LogP contribution in [-0.2, 0) is 35.6 Å². The molecule has 0 bridgehead atoms. The lowest BCUT2D eigenvalue weighted by Gasteiger charge is -2.32. The molecule has 0 spiro atoms. The molecule has 8 heteroatoms. The molecule has 1 saturated heterocycles. The number of methoxy groups -OCH3 is 1. The van der Waals surface area contributed by atoms with E-state index in [-0.39, 0.29) is 18.1 Å². The summed E-state index contributed by atoms with van der Waals surface area (Å²) < 4.78 is 6.79. The number of ether oxygens (including phenoxy) is 1. The van der Waals surface area contributed by atoms with Gasteiger partial charge in [-0.15, -0.1) is 0 Å². The number of benzene rings is 1. The number of aromatic nitrogens is 3. The van der Waals surface area contributed by atoms with Crippen LogP contribution in [0.1, 0.15) is 36.6 Å². The summed E-state index contributed by atoms with van der Waals surface area (Å²) >= 11 is 0. The number of aromatic amines is 1. The quantitative estimate of drug-likeness (QED) is 0.603. The minimum absolute atomic E-state index is 0.0218. The molecule has 0 amide bonds. The van der Waals surface area contributed by atoms with Crippen molar-refractivity contribution in [2.75, 3.05) is 31.6 Å². The first-order valence-corrected chi connectivity index (χ1v) is 11.7. The number of para-hydroxylation sites is 1. The van der Waals surface area contributed by atoms with Gasteiger partial charge in [-0.25, -0.2) is 4.98 Å². The Bertz CT molecular complexity index is 1220. The van der Waals surface area contributed by atoms with E-state index < -0.39 is 0 Å². The van der Waals surface area contributed by atoms with E-state index in [2.05, 4.69) is 27.8 Å². The predicted octanol–water partition coefficient (Wildman–Crippen LogP) is 2.69. The summed E-state index contributed by atoms with van der Waals surface area (Å²) in [7, 11) is 1.41. The summed E-state index contributed by atoms with van der Waals surface area (Å²) in [5.41, 5.74) is 3.83. The lowest BCUT2D eigenvalue weighted by atomic mass is 9.99. The second kappa shape index (κ2) is 9.02. The second-order valence-electron chi connectivity index (χ2n) is 9.32. The number of nitrogens with one attached hydrogen (secondary N) is 1. The molecule has 0 saturated carbocycles. The number of H-pyrrole nitrogens is 1. The van der Waals surface area contributed by atoms with Crippen LogP contribution in [0.4, 0.5) is 5.95 Å². The molecule has 2 aliphatic heterocycles. The fourth-order valence-electron chi connectivity index (χ4n) is 5.00. The number of rotatable bonds is 5. The SMILES string of the molecule is COC(=O)Cn1cc(CN2CCc3nc(N4CCC(C)CC4)[nH]c(=O)c3C2)c2ccccc21. The van der Waals surface area contributed by atoms with Crippen molar-refractivity contribution in [2.45, 2.75) is 45.8 Å². The van der Waals surface area contributed by atoms with Gasteiger partial charge in [0.15, 0.2) is 0 Å². The molecule has 1 N–H and O–H groups in total. The molecule has 0 unspecified atom stereocenters. The minimum atomic E-state index is -0.272. The van der Waals surface area contributed by atoms with Gasteiger partial charge in [-0.2, -0.15) is 0 Å². The largest absolute Gasteiger partial charge is 0.468 e. The van der Waals surface area contributed by atoms with Crippen LogP contribution in [0.15, 0.2) is 35.3 Å². The van der Waals surface area contributed by atoms with Crippen LogP contribution in [0.3, 0.4) is 0 Å². The van der Waals surface area contributed by atoms with Gasteiger partial charge in [0.1, 0.15) is 6.54 Å². The number of carbonyl (C=O) groups is 1. The molecule has 0 atom stereocenters. The summed E-state index contributed by atoms with van der Waals surface area (Å²) in [5, 5.41) is 1.12. The third kappa shape index (κ3) is 4.39. The number of nitrogens with zero attached hydrogens (tertiary/aromatic N) is 4. The summed E-state index contributed by atoms with van der Waals surface area (Å²) in [5.74, 6) is 1.19. The topological polar surface area (TPSA) is 83.5 Å². The highest BCUT2D eigenvalue weighted by atomic mass is 16.5. The van der Waals surface area contributed by atoms with Gasteiger partial charge in [-0.3, -0.25) is 19.5 Å². The normalized spacial score (nSPS) is 17.3. The number of carbonyl (C=O) groups excluding carboxylic acids is 1. The maximum Gasteiger partial charge on any atom is 0.325 e. The fraction of sp³-hybridized carbons (Fsp3) is 0.480. The Morgan fingerprint density at radius 1 is 1.21 bits per heavy atom. The molecule has 4 heterocycles. The molecular formula is C25H31N5O3. The van der Waals surface area contributed by atoms with E-state index in [9.17, 15) is 9.59 Å². The number of hydrogen-bond donors (Lipinski definition) is 1. The van der Waals surface area contributed by atoms with E-state index in [1.165, 1.54) is 7.11 Å². The van der Waals surface area contributed by atoms with Crippen molar-refractivity contribution in [3.63, 3.8) is 0 Å². The van der Waals surface area contributed by atoms with E-state index in [0.29, 0.717) is 13.1 Å². The smallest absolute Gasteiger partial charge is 0.325 e. The van der Waals surface area contributed by atoms with Crippen molar-refractivity contribution in [2.24, 2.45) is 5.92 Å². The molecule has 174 valence electrons. The third-order valence-electron chi connectivity index (χ3n) is 7.01. The fourth-order valence-corrected chi connectivity index (χ4v) is 5.00. The summed E-state index contributed by atoms with van der Waals surface area (Å²) in [6, 6.07) is 8.08. The van der Waals surface area contributed by atoms with E-state index in [4.69, 9.17) is 9.72 Å². The lowest BCUT2D eigenvalue weighted by Crippen LogP contribution is -2.39. The number of piperidine rings is 1. The molecule has 5 rings (SSSR count). The summed E-state index contributed by atoms with van der Waals surface area (Å²) in [6.07, 6.45) is 5.06. The van der Waals surface area contributed by atoms with Crippen LogP contribution in [-0.4, -0.2) is 52.1 Å². The zero-order valence-corrected chi connectivity index (χ0v) is 19.3. The van der Waals surface area contributed by atoms with Crippen LogP contribution < -0.4 is 10.5 Å². The molecule has 0 aliphatic carbocycles. The first-order chi connectivity index (χ1) is 16.0. The minimum Gasteiger partial charge on any atom is -0.468 e. The summed E-state index contributed by atoms with van der Waals surface area (Å²) in [6.45, 7) is 6.49. The van der Waals surface area contributed by atoms with E-state index in [1.54, 1.807) is 0 Å². The van der Waals surface area contributed by atoms with Gasteiger partial charge >= 0.3 is 5.97 Å². The highest BCUT2D eigenvalue weighted by molar-refractivity contribution is 5.85. The molecule has 2 aromatic heterocycles. The average molecular weight is 450 g/mol. The van der Waals surface area contributed by atoms with Gasteiger partial charge in [0.05, 0.1) is 18.4 Å². The molecule has 2 aliphatic rings. The van der Waals surface area contributed by atoms with E-state index in [0.717, 1.165) is 78.5 Å². The van der Waals surface area contributed by atoms with Crippen LogP contribution in [0.2, 0.25) is 0 Å². The zero-order valence-electron chi connectivity index (χ0n) is 19.3. The van der Waals surface area contributed by atoms with Gasteiger partial charge in [0.25, 0.3) is 5.56 Å². The van der Waals surface area contributed by atoms with Crippen LogP contribution >= 0.6 is 0 Å². The van der Waals surface area contributed by atoms with Crippen molar-refractivity contribution in [1.82, 2.24) is 19.4 Å². The summed E-state index contributed by atoms with van der Waals surface area (Å²) in [4.78, 5) is 37.2. The van der Waals surface area contributed by atoms with Crippen molar-refractivity contribution < 1.29 is 9.53 Å². The maximum absolute atomic E-state index is 13.0. The molecule has 0 radical (unpaired) electrons. The van der Waals surface area contributed by atoms with Gasteiger partial charge in [-0.1, -0.05) is 25.1 Å². The highest BCUT2D eigenvalue weighted by Gasteiger charge is 2.25. The lowest BCUT2D eigenvalue weighted by molar-refractivity contribution is -0.141. The first-order valence-electron chi connectivity index (χ1n) is 11.7. The Balaban J connectivity index is 1.35. The monoisotopic (exact) mass is 449 g/mol. The van der Waals surface area contributed by atoms with Crippen molar-refractivity contribution in [1.29, 1.82) is 0 Å². The van der Waals surface area contributed by atoms with Gasteiger partial charge in [-0.05, 0) is 30.4 Å². The number of esters is 1. The molecular weight excluding hydrogens is 418 g/mol. The van der Waals surface area contributed by atoms with Crippen LogP contribution in [0.5, 0.6) is 0 Å². The third-order valence-corrected chi connectivity index (χ3v) is 7.01. The van der Waals surface area contributed by atoms with Crippen LogP contribution in [0.25, 0.3) is 10.9 Å². The van der Waals surface area contributed by atoms with Gasteiger partial charge in [0.2, 0.25) is 5.95 Å². The Morgan fingerprint density at radius 2 is 2.00 bits per heavy atom.